The van der Waals surface area contributed by atoms with Crippen molar-refractivity contribution in [2.45, 2.75) is 31.7 Å². The van der Waals surface area contributed by atoms with Gasteiger partial charge in [0.15, 0.2) is 0 Å². The molecule has 0 radical (unpaired) electrons. The van der Waals surface area contributed by atoms with Crippen LogP contribution in [-0.2, 0) is 0 Å². The zero-order chi connectivity index (χ0) is 22.5. The Bertz CT molecular complexity index is 1130. The zero-order valence-corrected chi connectivity index (χ0v) is 19.3. The molecule has 0 N–H and O–H groups in total. The number of fused-ring (bicyclic) bond motifs is 1. The van der Waals surface area contributed by atoms with E-state index in [0.717, 1.165) is 48.5 Å². The minimum absolute atomic E-state index is 0.513. The number of benzene rings is 2. The summed E-state index contributed by atoms with van der Waals surface area (Å²) in [7, 11) is 2.19. The summed E-state index contributed by atoms with van der Waals surface area (Å²) in [5, 5.41) is 5.80. The number of aromatic nitrogens is 4. The van der Waals surface area contributed by atoms with Crippen molar-refractivity contribution in [2.24, 2.45) is 0 Å². The van der Waals surface area contributed by atoms with Crippen LogP contribution in [0.5, 0.6) is 0 Å². The molecule has 0 spiro atoms. The molecule has 0 unspecified atom stereocenters. The highest BCUT2D eigenvalue weighted by Crippen LogP contribution is 2.30. The average Bonchev–Trinajstić information content (AvgIpc) is 3.58. The van der Waals surface area contributed by atoms with Crippen LogP contribution in [0.4, 0.5) is 5.82 Å². The number of piperidine rings is 1. The van der Waals surface area contributed by atoms with Gasteiger partial charge in [-0.2, -0.15) is 5.10 Å². The Hall–Kier alpha value is -3.25. The van der Waals surface area contributed by atoms with E-state index in [1.54, 1.807) is 6.33 Å². The number of anilines is 1. The number of hydrogen-bond acceptors (Lipinski definition) is 5. The molecule has 6 nitrogen and oxygen atoms in total. The van der Waals surface area contributed by atoms with Gasteiger partial charge in [-0.25, -0.2) is 9.97 Å². The molecule has 4 aromatic rings. The molecule has 4 heterocycles. The van der Waals surface area contributed by atoms with Crippen molar-refractivity contribution in [3.05, 3.63) is 73.3 Å². The SMILES string of the molecule is CN1CCC(n2cc(-c3ccc4c(N5CCCC5)ncnc4c3)cn2)CC1.c1ccccc1. The van der Waals surface area contributed by atoms with E-state index < -0.39 is 0 Å². The first-order valence-corrected chi connectivity index (χ1v) is 12.0. The molecular weight excluding hydrogens is 408 g/mol. The second-order valence-electron chi connectivity index (χ2n) is 9.02. The van der Waals surface area contributed by atoms with Crippen LogP contribution in [0.2, 0.25) is 0 Å². The predicted molar refractivity (Wildman–Crippen MR) is 134 cm³/mol. The van der Waals surface area contributed by atoms with Crippen LogP contribution in [0, 0.1) is 0 Å². The molecule has 0 bridgehead atoms. The van der Waals surface area contributed by atoms with Gasteiger partial charge in [-0.3, -0.25) is 4.68 Å². The molecule has 2 saturated heterocycles. The Morgan fingerprint density at radius 3 is 2.21 bits per heavy atom. The van der Waals surface area contributed by atoms with Crippen LogP contribution < -0.4 is 4.90 Å². The van der Waals surface area contributed by atoms with Gasteiger partial charge in [-0.05, 0) is 63.5 Å². The van der Waals surface area contributed by atoms with E-state index in [1.807, 2.05) is 42.6 Å². The van der Waals surface area contributed by atoms with Crippen molar-refractivity contribution in [1.82, 2.24) is 24.6 Å². The summed E-state index contributed by atoms with van der Waals surface area (Å²) in [6.07, 6.45) is 10.7. The molecule has 6 rings (SSSR count). The fourth-order valence-electron chi connectivity index (χ4n) is 4.73. The molecule has 0 amide bonds. The average molecular weight is 441 g/mol. The first-order chi connectivity index (χ1) is 16.3. The highest BCUT2D eigenvalue weighted by Gasteiger charge is 2.20. The minimum atomic E-state index is 0.513. The predicted octanol–water partition coefficient (Wildman–Crippen LogP) is 5.05. The van der Waals surface area contributed by atoms with Gasteiger partial charge in [0.1, 0.15) is 12.1 Å². The molecule has 170 valence electrons. The van der Waals surface area contributed by atoms with Gasteiger partial charge in [-0.1, -0.05) is 42.5 Å². The highest BCUT2D eigenvalue weighted by molar-refractivity contribution is 5.92. The van der Waals surface area contributed by atoms with Gasteiger partial charge in [0.2, 0.25) is 0 Å². The normalized spacial score (nSPS) is 17.2. The third kappa shape index (κ3) is 5.06. The minimum Gasteiger partial charge on any atom is -0.356 e. The van der Waals surface area contributed by atoms with Crippen LogP contribution in [0.1, 0.15) is 31.7 Å². The number of hydrogen-bond donors (Lipinski definition) is 0. The lowest BCUT2D eigenvalue weighted by Crippen LogP contribution is -2.31. The zero-order valence-electron chi connectivity index (χ0n) is 19.3. The van der Waals surface area contributed by atoms with Crippen molar-refractivity contribution >= 4 is 16.7 Å². The third-order valence-corrected chi connectivity index (χ3v) is 6.68. The molecule has 6 heteroatoms. The van der Waals surface area contributed by atoms with Crippen molar-refractivity contribution in [2.75, 3.05) is 38.1 Å². The molecule has 2 fully saturated rings. The summed E-state index contributed by atoms with van der Waals surface area (Å²) >= 11 is 0. The van der Waals surface area contributed by atoms with Gasteiger partial charge >= 0.3 is 0 Å². The molecule has 2 aliphatic heterocycles. The van der Waals surface area contributed by atoms with Gasteiger partial charge in [0, 0.05) is 30.2 Å². The number of nitrogens with zero attached hydrogens (tertiary/aromatic N) is 6. The molecule has 2 aliphatic rings. The van der Waals surface area contributed by atoms with E-state index >= 15 is 0 Å². The summed E-state index contributed by atoms with van der Waals surface area (Å²) in [5.74, 6) is 1.08. The molecule has 0 atom stereocenters. The monoisotopic (exact) mass is 440 g/mol. The molecule has 2 aromatic heterocycles. The van der Waals surface area contributed by atoms with Crippen molar-refractivity contribution in [3.63, 3.8) is 0 Å². The Kier molecular flexibility index (Phi) is 6.63. The molecular formula is C27H32N6. The quantitative estimate of drug-likeness (QED) is 0.446. The summed E-state index contributed by atoms with van der Waals surface area (Å²) in [5.41, 5.74) is 3.35. The summed E-state index contributed by atoms with van der Waals surface area (Å²) in [4.78, 5) is 13.9. The maximum absolute atomic E-state index is 4.66. The smallest absolute Gasteiger partial charge is 0.139 e. The highest BCUT2D eigenvalue weighted by atomic mass is 15.3. The molecule has 0 saturated carbocycles. The van der Waals surface area contributed by atoms with Gasteiger partial charge in [0.05, 0.1) is 17.8 Å². The Balaban J connectivity index is 0.000000332. The maximum Gasteiger partial charge on any atom is 0.139 e. The maximum atomic E-state index is 4.66. The molecule has 33 heavy (non-hydrogen) atoms. The Morgan fingerprint density at radius 1 is 0.818 bits per heavy atom. The number of rotatable bonds is 3. The lowest BCUT2D eigenvalue weighted by Gasteiger charge is -2.28. The topological polar surface area (TPSA) is 50.1 Å². The first-order valence-electron chi connectivity index (χ1n) is 12.0. The largest absolute Gasteiger partial charge is 0.356 e. The third-order valence-electron chi connectivity index (χ3n) is 6.68. The number of likely N-dealkylation sites (tertiary alicyclic amines) is 1. The lowest BCUT2D eigenvalue weighted by molar-refractivity contribution is 0.212. The van der Waals surface area contributed by atoms with E-state index in [0.29, 0.717) is 6.04 Å². The van der Waals surface area contributed by atoms with Crippen molar-refractivity contribution in [1.29, 1.82) is 0 Å². The van der Waals surface area contributed by atoms with Gasteiger partial charge in [-0.15, -0.1) is 0 Å². The Morgan fingerprint density at radius 2 is 1.52 bits per heavy atom. The van der Waals surface area contributed by atoms with E-state index in [1.165, 1.54) is 31.2 Å². The molecule has 0 aliphatic carbocycles. The van der Waals surface area contributed by atoms with E-state index in [4.69, 9.17) is 0 Å². The standard InChI is InChI=1S/C21H26N6.C6H6/c1-25-10-6-18(7-11-25)27-14-17(13-24-27)16-4-5-19-20(12-16)22-15-23-21(19)26-8-2-3-9-26;1-2-4-6-5-3-1/h4-5,12-15,18H,2-3,6-11H2,1H3;1-6H. The van der Waals surface area contributed by atoms with Crippen LogP contribution in [0.25, 0.3) is 22.0 Å². The Labute approximate surface area is 195 Å². The van der Waals surface area contributed by atoms with Gasteiger partial charge < -0.3 is 9.80 Å². The van der Waals surface area contributed by atoms with Crippen LogP contribution >= 0.6 is 0 Å². The van der Waals surface area contributed by atoms with E-state index in [9.17, 15) is 0 Å². The summed E-state index contributed by atoms with van der Waals surface area (Å²) in [6, 6.07) is 19.0. The van der Waals surface area contributed by atoms with Crippen molar-refractivity contribution < 1.29 is 0 Å². The van der Waals surface area contributed by atoms with Crippen LogP contribution in [-0.4, -0.2) is 57.9 Å². The second kappa shape index (κ2) is 10.1. The van der Waals surface area contributed by atoms with Crippen LogP contribution in [0.15, 0.2) is 73.3 Å². The fraction of sp³-hybridized carbons (Fsp3) is 0.370. The first kappa shape index (κ1) is 21.6. The summed E-state index contributed by atoms with van der Waals surface area (Å²) < 4.78 is 2.15. The second-order valence-corrected chi connectivity index (χ2v) is 9.02. The van der Waals surface area contributed by atoms with Gasteiger partial charge in [0.25, 0.3) is 0 Å². The lowest BCUT2D eigenvalue weighted by atomic mass is 10.1. The summed E-state index contributed by atoms with van der Waals surface area (Å²) in [6.45, 7) is 4.48. The fourth-order valence-corrected chi connectivity index (χ4v) is 4.73. The van der Waals surface area contributed by atoms with Crippen molar-refractivity contribution in [3.8, 4) is 11.1 Å². The van der Waals surface area contributed by atoms with E-state index in [-0.39, 0.29) is 0 Å². The molecule has 2 aromatic carbocycles. The van der Waals surface area contributed by atoms with Crippen LogP contribution in [0.3, 0.4) is 0 Å². The van der Waals surface area contributed by atoms with E-state index in [2.05, 4.69) is 61.0 Å².